The van der Waals surface area contributed by atoms with Crippen molar-refractivity contribution in [2.75, 3.05) is 13.2 Å². The van der Waals surface area contributed by atoms with Gasteiger partial charge < -0.3 is 10.0 Å². The molecule has 1 amide bonds. The maximum atomic E-state index is 12.4. The van der Waals surface area contributed by atoms with E-state index < -0.39 is 0 Å². The first-order valence-electron chi connectivity index (χ1n) is 6.46. The monoisotopic (exact) mass is 248 g/mol. The summed E-state index contributed by atoms with van der Waals surface area (Å²) in [4.78, 5) is 18.4. The van der Waals surface area contributed by atoms with Crippen molar-refractivity contribution in [3.05, 3.63) is 29.6 Å². The van der Waals surface area contributed by atoms with Gasteiger partial charge in [-0.05, 0) is 44.7 Å². The Morgan fingerprint density at radius 3 is 2.89 bits per heavy atom. The van der Waals surface area contributed by atoms with Crippen LogP contribution in [-0.4, -0.2) is 40.1 Å². The maximum absolute atomic E-state index is 12.4. The molecule has 4 heteroatoms. The normalized spacial score (nSPS) is 24.1. The predicted octanol–water partition coefficient (Wildman–Crippen LogP) is 1.62. The molecule has 0 bridgehead atoms. The van der Waals surface area contributed by atoms with Crippen LogP contribution in [0.3, 0.4) is 0 Å². The van der Waals surface area contributed by atoms with Crippen LogP contribution >= 0.6 is 0 Å². The highest BCUT2D eigenvalue weighted by Crippen LogP contribution is 2.23. The van der Waals surface area contributed by atoms with Crippen molar-refractivity contribution in [2.45, 2.75) is 32.7 Å². The van der Waals surface area contributed by atoms with Gasteiger partial charge in [-0.25, -0.2) is 0 Å². The Balaban J connectivity index is 2.13. The van der Waals surface area contributed by atoms with E-state index in [4.69, 9.17) is 0 Å². The molecular formula is C14H20N2O2. The smallest absolute Gasteiger partial charge is 0.255 e. The van der Waals surface area contributed by atoms with Crippen molar-refractivity contribution >= 4 is 5.91 Å². The van der Waals surface area contributed by atoms with Gasteiger partial charge in [-0.2, -0.15) is 0 Å². The van der Waals surface area contributed by atoms with Gasteiger partial charge in [-0.1, -0.05) is 0 Å². The van der Waals surface area contributed by atoms with Crippen molar-refractivity contribution in [1.29, 1.82) is 0 Å². The van der Waals surface area contributed by atoms with Gasteiger partial charge in [0.25, 0.3) is 5.91 Å². The summed E-state index contributed by atoms with van der Waals surface area (Å²) in [6.07, 6.45) is 3.58. The molecule has 2 atom stereocenters. The lowest BCUT2D eigenvalue weighted by Crippen LogP contribution is -2.46. The lowest BCUT2D eigenvalue weighted by Gasteiger charge is -2.37. The van der Waals surface area contributed by atoms with Gasteiger partial charge in [0.2, 0.25) is 0 Å². The third-order valence-electron chi connectivity index (χ3n) is 3.66. The molecule has 4 nitrogen and oxygen atoms in total. The largest absolute Gasteiger partial charge is 0.396 e. The lowest BCUT2D eigenvalue weighted by molar-refractivity contribution is 0.0488. The Hall–Kier alpha value is -1.42. The summed E-state index contributed by atoms with van der Waals surface area (Å²) in [5.41, 5.74) is 1.54. The molecule has 0 aliphatic carbocycles. The van der Waals surface area contributed by atoms with E-state index in [0.29, 0.717) is 12.1 Å². The number of aryl methyl sites for hydroxylation is 1. The first kappa shape index (κ1) is 13.0. The summed E-state index contributed by atoms with van der Waals surface area (Å²) < 4.78 is 0. The molecule has 1 N–H and O–H groups in total. The number of likely N-dealkylation sites (tertiary alicyclic amines) is 1. The topological polar surface area (TPSA) is 53.4 Å². The molecule has 1 saturated heterocycles. The Kier molecular flexibility index (Phi) is 3.97. The number of pyridine rings is 1. The van der Waals surface area contributed by atoms with Crippen LogP contribution < -0.4 is 0 Å². The van der Waals surface area contributed by atoms with E-state index in [9.17, 15) is 9.90 Å². The molecule has 18 heavy (non-hydrogen) atoms. The van der Waals surface area contributed by atoms with Gasteiger partial charge in [-0.15, -0.1) is 0 Å². The average Bonchev–Trinajstić information content (AvgIpc) is 2.39. The van der Waals surface area contributed by atoms with Crippen LogP contribution in [0.2, 0.25) is 0 Å². The highest BCUT2D eigenvalue weighted by molar-refractivity contribution is 5.94. The Morgan fingerprint density at radius 2 is 2.28 bits per heavy atom. The van der Waals surface area contributed by atoms with Crippen molar-refractivity contribution in [3.8, 4) is 0 Å². The van der Waals surface area contributed by atoms with E-state index in [1.165, 1.54) is 0 Å². The number of aliphatic hydroxyl groups excluding tert-OH is 1. The van der Waals surface area contributed by atoms with Crippen molar-refractivity contribution < 1.29 is 9.90 Å². The van der Waals surface area contributed by atoms with Crippen molar-refractivity contribution in [3.63, 3.8) is 0 Å². The second-order valence-electron chi connectivity index (χ2n) is 5.12. The molecule has 0 spiro atoms. The minimum atomic E-state index is 0.0214. The van der Waals surface area contributed by atoms with E-state index in [-0.39, 0.29) is 24.5 Å². The van der Waals surface area contributed by atoms with Gasteiger partial charge in [0, 0.05) is 31.1 Å². The molecule has 1 aliphatic heterocycles. The summed E-state index contributed by atoms with van der Waals surface area (Å²) in [6, 6.07) is 3.91. The molecule has 2 heterocycles. The van der Waals surface area contributed by atoms with Crippen LogP contribution in [0.4, 0.5) is 0 Å². The maximum Gasteiger partial charge on any atom is 0.255 e. The van der Waals surface area contributed by atoms with Crippen molar-refractivity contribution in [1.82, 2.24) is 9.88 Å². The van der Waals surface area contributed by atoms with E-state index in [1.54, 1.807) is 6.20 Å². The summed E-state index contributed by atoms with van der Waals surface area (Å²) in [5.74, 6) is 0.233. The SMILES string of the molecule is Cc1ccc(C(=O)N2CC(CO)CCC2C)cn1. The minimum Gasteiger partial charge on any atom is -0.396 e. The summed E-state index contributed by atoms with van der Waals surface area (Å²) >= 11 is 0. The van der Waals surface area contributed by atoms with Gasteiger partial charge >= 0.3 is 0 Å². The summed E-state index contributed by atoms with van der Waals surface area (Å²) in [7, 11) is 0. The van der Waals surface area contributed by atoms with Gasteiger partial charge in [-0.3, -0.25) is 9.78 Å². The van der Waals surface area contributed by atoms with Crippen LogP contribution in [0.15, 0.2) is 18.3 Å². The number of rotatable bonds is 2. The van der Waals surface area contributed by atoms with Gasteiger partial charge in [0.05, 0.1) is 5.56 Å². The zero-order chi connectivity index (χ0) is 13.1. The molecule has 0 radical (unpaired) electrons. The molecule has 0 aromatic carbocycles. The molecular weight excluding hydrogens is 228 g/mol. The zero-order valence-electron chi connectivity index (χ0n) is 11.0. The molecule has 98 valence electrons. The van der Waals surface area contributed by atoms with E-state index in [0.717, 1.165) is 18.5 Å². The average molecular weight is 248 g/mol. The Labute approximate surface area is 108 Å². The van der Waals surface area contributed by atoms with Gasteiger partial charge in [0.15, 0.2) is 0 Å². The third-order valence-corrected chi connectivity index (χ3v) is 3.66. The number of piperidine rings is 1. The summed E-state index contributed by atoms with van der Waals surface area (Å²) in [6.45, 7) is 4.76. The van der Waals surface area contributed by atoms with Crippen LogP contribution in [-0.2, 0) is 0 Å². The molecule has 1 aromatic rings. The molecule has 1 aromatic heterocycles. The number of aliphatic hydroxyl groups is 1. The van der Waals surface area contributed by atoms with Crippen LogP contribution in [0.25, 0.3) is 0 Å². The first-order valence-corrected chi connectivity index (χ1v) is 6.46. The molecule has 1 fully saturated rings. The second-order valence-corrected chi connectivity index (χ2v) is 5.12. The number of carbonyl (C=O) groups is 1. The highest BCUT2D eigenvalue weighted by atomic mass is 16.3. The number of carbonyl (C=O) groups excluding carboxylic acids is 1. The molecule has 0 saturated carbocycles. The highest BCUT2D eigenvalue weighted by Gasteiger charge is 2.29. The quantitative estimate of drug-likeness (QED) is 0.865. The predicted molar refractivity (Wildman–Crippen MR) is 69.3 cm³/mol. The standard InChI is InChI=1S/C14H20N2O2/c1-10-3-6-13(7-15-10)14(18)16-8-12(9-17)5-4-11(16)2/h3,6-7,11-12,17H,4-5,8-9H2,1-2H3. The van der Waals surface area contributed by atoms with E-state index >= 15 is 0 Å². The number of hydrogen-bond acceptors (Lipinski definition) is 3. The first-order chi connectivity index (χ1) is 8.61. The lowest BCUT2D eigenvalue weighted by atomic mass is 9.93. The zero-order valence-corrected chi connectivity index (χ0v) is 11.0. The number of aromatic nitrogens is 1. The fourth-order valence-corrected chi connectivity index (χ4v) is 2.37. The Morgan fingerprint density at radius 1 is 1.50 bits per heavy atom. The van der Waals surface area contributed by atoms with Gasteiger partial charge in [0.1, 0.15) is 0 Å². The van der Waals surface area contributed by atoms with E-state index in [2.05, 4.69) is 11.9 Å². The van der Waals surface area contributed by atoms with Crippen molar-refractivity contribution in [2.24, 2.45) is 5.92 Å². The van der Waals surface area contributed by atoms with Crippen LogP contribution in [0.5, 0.6) is 0 Å². The third kappa shape index (κ3) is 2.70. The molecule has 1 aliphatic rings. The Bertz CT molecular complexity index is 416. The number of nitrogens with zero attached hydrogens (tertiary/aromatic N) is 2. The van der Waals surface area contributed by atoms with E-state index in [1.807, 2.05) is 24.0 Å². The minimum absolute atomic E-state index is 0.0214. The number of hydrogen-bond donors (Lipinski definition) is 1. The van der Waals surface area contributed by atoms with Crippen LogP contribution in [0, 0.1) is 12.8 Å². The fraction of sp³-hybridized carbons (Fsp3) is 0.571. The second kappa shape index (κ2) is 5.48. The molecule has 2 rings (SSSR count). The number of amides is 1. The van der Waals surface area contributed by atoms with Crippen LogP contribution in [0.1, 0.15) is 35.8 Å². The molecule has 2 unspecified atom stereocenters. The fourth-order valence-electron chi connectivity index (χ4n) is 2.37. The summed E-state index contributed by atoms with van der Waals surface area (Å²) in [5, 5.41) is 9.23.